The van der Waals surface area contributed by atoms with E-state index in [0.29, 0.717) is 23.6 Å². The molecule has 0 saturated carbocycles. The highest BCUT2D eigenvalue weighted by atomic mass is 16.5. The van der Waals surface area contributed by atoms with Gasteiger partial charge in [-0.2, -0.15) is 0 Å². The molecule has 1 aromatic carbocycles. The quantitative estimate of drug-likeness (QED) is 0.248. The molecule has 0 spiro atoms. The number of benzene rings is 1. The Morgan fingerprint density at radius 1 is 1.00 bits per heavy atom. The van der Waals surface area contributed by atoms with Crippen LogP contribution in [0.3, 0.4) is 0 Å². The molecule has 0 radical (unpaired) electrons. The average molecular weight is 463 g/mol. The third kappa shape index (κ3) is 8.28. The number of ether oxygens (including phenoxy) is 2. The summed E-state index contributed by atoms with van der Waals surface area (Å²) < 4.78 is 12.7. The molecule has 2 N–H and O–H groups in total. The van der Waals surface area contributed by atoms with Crippen molar-refractivity contribution in [2.45, 2.75) is 79.1 Å². The fourth-order valence-corrected chi connectivity index (χ4v) is 4.36. The standard InChI is InChI=1S/C26H45N2O3.N2/c1-5-9-12-22(8-4)26(29)28(17-15-27-16-18-28)24-21-23(30-19-10-6-2)13-14-25(24)31-20-11-7-3;1-2/h13-14,21-22,27H,5-12,15-20H2,1-4H3;/q+1;/p+1. The Bertz CT molecular complexity index is 702. The van der Waals surface area contributed by atoms with Crippen LogP contribution in [0.4, 0.5) is 5.69 Å². The van der Waals surface area contributed by atoms with Crippen molar-refractivity contribution in [2.75, 3.05) is 39.4 Å². The van der Waals surface area contributed by atoms with Crippen molar-refractivity contribution in [3.8, 4) is 11.5 Å². The van der Waals surface area contributed by atoms with Crippen LogP contribution in [0.25, 0.3) is 0 Å². The second-order valence-electron chi connectivity index (χ2n) is 8.78. The lowest BCUT2D eigenvalue weighted by Crippen LogP contribution is -2.64. The van der Waals surface area contributed by atoms with Gasteiger partial charge in [0.25, 0.3) is 0 Å². The summed E-state index contributed by atoms with van der Waals surface area (Å²) >= 11 is 0. The largest absolute Gasteiger partial charge is 0.493 e. The first-order chi connectivity index (χ1) is 16.1. The first-order valence-electron chi connectivity index (χ1n) is 12.9. The summed E-state index contributed by atoms with van der Waals surface area (Å²) in [5.74, 6) is 2.13. The zero-order chi connectivity index (χ0) is 24.5. The van der Waals surface area contributed by atoms with Gasteiger partial charge in [0, 0.05) is 19.2 Å². The molecule has 2 rings (SSSR count). The molecule has 0 bridgehead atoms. The molecule has 1 aliphatic heterocycles. The van der Waals surface area contributed by atoms with E-state index in [0.717, 1.165) is 94.7 Å². The first kappa shape index (κ1) is 28.9. The molecule has 0 aliphatic carbocycles. The summed E-state index contributed by atoms with van der Waals surface area (Å²) in [5, 5.41) is 14.5. The zero-order valence-corrected chi connectivity index (χ0v) is 21.3. The number of rotatable bonds is 14. The van der Waals surface area contributed by atoms with Crippen molar-refractivity contribution in [1.29, 1.82) is 5.39 Å². The van der Waals surface area contributed by atoms with Crippen LogP contribution in [0.5, 0.6) is 11.5 Å². The van der Waals surface area contributed by atoms with E-state index in [1.807, 2.05) is 12.1 Å². The van der Waals surface area contributed by atoms with Gasteiger partial charge in [0.05, 0.1) is 24.5 Å². The van der Waals surface area contributed by atoms with Crippen LogP contribution >= 0.6 is 0 Å². The number of diazo groups is 1. The number of quaternary nitrogens is 1. The minimum Gasteiger partial charge on any atom is -0.493 e. The molecular formula is C26H46N4O3+2. The van der Waals surface area contributed by atoms with E-state index in [-0.39, 0.29) is 5.92 Å². The van der Waals surface area contributed by atoms with Gasteiger partial charge in [0.15, 0.2) is 11.4 Å². The Morgan fingerprint density at radius 3 is 2.18 bits per heavy atom. The molecule has 33 heavy (non-hydrogen) atoms. The van der Waals surface area contributed by atoms with E-state index in [2.05, 4.69) is 39.1 Å². The summed E-state index contributed by atoms with van der Waals surface area (Å²) in [6.45, 7) is 13.3. The van der Waals surface area contributed by atoms with Crippen LogP contribution in [0.1, 0.15) is 79.1 Å². The van der Waals surface area contributed by atoms with Gasteiger partial charge in [-0.05, 0) is 37.8 Å². The molecule has 186 valence electrons. The Morgan fingerprint density at radius 2 is 1.61 bits per heavy atom. The Labute approximate surface area is 200 Å². The highest BCUT2D eigenvalue weighted by molar-refractivity contribution is 5.92. The molecule has 1 heterocycles. The fraction of sp³-hybridized carbons (Fsp3) is 0.731. The summed E-state index contributed by atoms with van der Waals surface area (Å²) in [6.07, 6.45) is 8.32. The van der Waals surface area contributed by atoms with Gasteiger partial charge in [-0.3, -0.25) is 0 Å². The van der Waals surface area contributed by atoms with Crippen molar-refractivity contribution in [3.05, 3.63) is 18.2 Å². The van der Waals surface area contributed by atoms with Crippen LogP contribution in [-0.4, -0.2) is 45.3 Å². The predicted molar refractivity (Wildman–Crippen MR) is 133 cm³/mol. The summed E-state index contributed by atoms with van der Waals surface area (Å²) in [5.41, 5.74) is 0.992. The Kier molecular flexibility index (Phi) is 14.4. The van der Waals surface area contributed by atoms with Crippen LogP contribution < -0.4 is 24.7 Å². The third-order valence-electron chi connectivity index (χ3n) is 6.42. The van der Waals surface area contributed by atoms with Gasteiger partial charge in [0.2, 0.25) is 5.39 Å². The summed E-state index contributed by atoms with van der Waals surface area (Å²) in [6, 6.07) is 6.11. The Balaban J connectivity index is 0.00000265. The smallest absolute Gasteiger partial charge is 0.321 e. The third-order valence-corrected chi connectivity index (χ3v) is 6.42. The molecule has 1 aromatic rings. The van der Waals surface area contributed by atoms with Gasteiger partial charge >= 0.3 is 5.91 Å². The SMILES string of the molecule is CCCCOc1ccc(OCCCC)c([N+]2(C(=O)C(CC)CCCC)CCNCC2)c1.N#[NH+]. The Hall–Kier alpha value is -2.17. The topological polar surface area (TPSA) is 95.1 Å². The molecule has 1 atom stereocenters. The molecule has 1 unspecified atom stereocenters. The minimum absolute atomic E-state index is 0.0891. The van der Waals surface area contributed by atoms with Gasteiger partial charge in [-0.15, -0.1) is 0 Å². The van der Waals surface area contributed by atoms with Gasteiger partial charge in [-0.1, -0.05) is 53.4 Å². The number of amides is 1. The van der Waals surface area contributed by atoms with Gasteiger partial charge < -0.3 is 14.8 Å². The second-order valence-corrected chi connectivity index (χ2v) is 8.78. The van der Waals surface area contributed by atoms with Gasteiger partial charge in [-0.25, -0.2) is 9.28 Å². The first-order valence-corrected chi connectivity index (χ1v) is 12.9. The van der Waals surface area contributed by atoms with E-state index in [1.165, 1.54) is 0 Å². The van der Waals surface area contributed by atoms with Crippen molar-refractivity contribution in [1.82, 2.24) is 9.80 Å². The van der Waals surface area contributed by atoms with E-state index in [1.54, 1.807) is 0 Å². The normalized spacial score (nSPS) is 15.7. The van der Waals surface area contributed by atoms with Crippen LogP contribution in [-0.2, 0) is 4.79 Å². The fourth-order valence-electron chi connectivity index (χ4n) is 4.36. The molecule has 1 aliphatic rings. The van der Waals surface area contributed by atoms with Crippen molar-refractivity contribution in [2.24, 2.45) is 5.92 Å². The van der Waals surface area contributed by atoms with Crippen LogP contribution in [0.15, 0.2) is 18.2 Å². The van der Waals surface area contributed by atoms with E-state index in [4.69, 9.17) is 20.3 Å². The lowest BCUT2D eigenvalue weighted by atomic mass is 9.95. The molecule has 1 amide bonds. The highest BCUT2D eigenvalue weighted by Gasteiger charge is 2.45. The van der Waals surface area contributed by atoms with E-state index in [9.17, 15) is 4.79 Å². The number of nitrogens with zero attached hydrogens (tertiary/aromatic N) is 2. The van der Waals surface area contributed by atoms with E-state index < -0.39 is 0 Å². The highest BCUT2D eigenvalue weighted by Crippen LogP contribution is 2.40. The molecule has 7 heteroatoms. The molecule has 1 fully saturated rings. The van der Waals surface area contributed by atoms with Crippen molar-refractivity contribution < 1.29 is 19.7 Å². The lowest BCUT2D eigenvalue weighted by Gasteiger charge is -2.41. The van der Waals surface area contributed by atoms with Crippen molar-refractivity contribution >= 4 is 11.6 Å². The monoisotopic (exact) mass is 462 g/mol. The number of hydrogen-bond donors (Lipinski definition) is 2. The minimum atomic E-state index is 0.0891. The van der Waals surface area contributed by atoms with Gasteiger partial charge in [0.1, 0.15) is 18.8 Å². The maximum Gasteiger partial charge on any atom is 0.321 e. The maximum atomic E-state index is 14.1. The number of carbonyl (C=O) groups excluding carboxylic acids is 1. The molecule has 0 aromatic heterocycles. The number of nitrogens with one attached hydrogen (secondary N) is 2. The van der Waals surface area contributed by atoms with Crippen LogP contribution in [0, 0.1) is 11.3 Å². The van der Waals surface area contributed by atoms with Crippen molar-refractivity contribution in [3.63, 3.8) is 0 Å². The summed E-state index contributed by atoms with van der Waals surface area (Å²) in [7, 11) is 0. The zero-order valence-electron chi connectivity index (χ0n) is 21.3. The number of hydrogen-bond acceptors (Lipinski definition) is 5. The maximum absolute atomic E-state index is 14.1. The number of unbranched alkanes of at least 4 members (excludes halogenated alkanes) is 3. The predicted octanol–water partition coefficient (Wildman–Crippen LogP) is 3.98. The lowest BCUT2D eigenvalue weighted by molar-refractivity contribution is -0.175. The van der Waals surface area contributed by atoms with E-state index >= 15 is 0 Å². The summed E-state index contributed by atoms with van der Waals surface area (Å²) in [4.78, 5) is 14.1. The average Bonchev–Trinajstić information content (AvgIpc) is 2.87. The molecule has 1 saturated heterocycles. The van der Waals surface area contributed by atoms with Crippen LogP contribution in [0.2, 0.25) is 0 Å². The number of piperazine rings is 1. The molecule has 7 nitrogen and oxygen atoms in total. The second kappa shape index (κ2) is 16.4. The number of carbonyl (C=O) groups is 1. The molecular weight excluding hydrogens is 416 g/mol.